The summed E-state index contributed by atoms with van der Waals surface area (Å²) < 4.78 is 0. The van der Waals surface area contributed by atoms with Gasteiger partial charge in [0.25, 0.3) is 0 Å². The second-order valence-corrected chi connectivity index (χ2v) is 5.70. The Morgan fingerprint density at radius 3 is 2.36 bits per heavy atom. The van der Waals surface area contributed by atoms with Crippen molar-refractivity contribution in [3.8, 4) is 0 Å². The fourth-order valence-corrected chi connectivity index (χ4v) is 3.17. The Bertz CT molecular complexity index is 834. The molecule has 0 amide bonds. The second kappa shape index (κ2) is 4.60. The van der Waals surface area contributed by atoms with Crippen LogP contribution in [0.15, 0.2) is 66.9 Å². The van der Waals surface area contributed by atoms with Crippen LogP contribution in [0.25, 0.3) is 0 Å². The van der Waals surface area contributed by atoms with E-state index in [1.807, 2.05) is 73.8 Å². The summed E-state index contributed by atoms with van der Waals surface area (Å²) in [6, 6.07) is 19.7. The Balaban J connectivity index is 1.97. The molecule has 1 aromatic heterocycles. The predicted molar refractivity (Wildman–Crippen MR) is 87.1 cm³/mol. The number of aryl methyl sites for hydroxylation is 1. The van der Waals surface area contributed by atoms with Gasteiger partial charge in [-0.25, -0.2) is 0 Å². The molecule has 0 aliphatic carbocycles. The Hall–Kier alpha value is -2.81. The molecule has 0 saturated carbocycles. The fourth-order valence-electron chi connectivity index (χ4n) is 3.17. The van der Waals surface area contributed by atoms with E-state index in [1.165, 1.54) is 5.56 Å². The highest BCUT2D eigenvalue weighted by molar-refractivity contribution is 6.15. The van der Waals surface area contributed by atoms with Gasteiger partial charge in [-0.15, -0.1) is 0 Å². The van der Waals surface area contributed by atoms with Crippen LogP contribution in [-0.2, 0) is 5.54 Å². The van der Waals surface area contributed by atoms with Crippen LogP contribution >= 0.6 is 0 Å². The first-order valence-corrected chi connectivity index (χ1v) is 7.35. The van der Waals surface area contributed by atoms with Crippen LogP contribution < -0.4 is 5.32 Å². The van der Waals surface area contributed by atoms with Crippen LogP contribution in [-0.4, -0.2) is 10.8 Å². The average molecular weight is 288 g/mol. The van der Waals surface area contributed by atoms with Gasteiger partial charge in [0.05, 0.1) is 5.69 Å². The SMILES string of the molecule is Cc1ccc([C@]2(c3ccc[nH]3)Nc3ccccc3C2=O)cc1. The van der Waals surface area contributed by atoms with Crippen LogP contribution in [0.4, 0.5) is 5.69 Å². The Morgan fingerprint density at radius 2 is 1.68 bits per heavy atom. The summed E-state index contributed by atoms with van der Waals surface area (Å²) in [5, 5.41) is 3.46. The molecule has 1 atom stereocenters. The molecule has 0 unspecified atom stereocenters. The van der Waals surface area contributed by atoms with Crippen molar-refractivity contribution >= 4 is 11.5 Å². The summed E-state index contributed by atoms with van der Waals surface area (Å²) in [5.41, 5.74) is 3.72. The minimum absolute atomic E-state index is 0.0782. The van der Waals surface area contributed by atoms with E-state index in [9.17, 15) is 4.79 Å². The van der Waals surface area contributed by atoms with Crippen molar-refractivity contribution in [2.24, 2.45) is 0 Å². The Morgan fingerprint density at radius 1 is 0.909 bits per heavy atom. The number of aromatic amines is 1. The molecule has 108 valence electrons. The first-order valence-electron chi connectivity index (χ1n) is 7.35. The van der Waals surface area contributed by atoms with E-state index in [0.717, 1.165) is 22.5 Å². The number of carbonyl (C=O) groups excluding carboxylic acids is 1. The average Bonchev–Trinajstić information content (AvgIpc) is 3.16. The maximum absolute atomic E-state index is 13.2. The largest absolute Gasteiger partial charge is 0.363 e. The monoisotopic (exact) mass is 288 g/mol. The van der Waals surface area contributed by atoms with Gasteiger partial charge in [-0.05, 0) is 36.8 Å². The molecular formula is C19H16N2O. The summed E-state index contributed by atoms with van der Waals surface area (Å²) in [6.07, 6.45) is 1.85. The van der Waals surface area contributed by atoms with Crippen molar-refractivity contribution in [2.75, 3.05) is 5.32 Å². The number of Topliss-reactive ketones (excluding diaryl/α,β-unsaturated/α-hetero) is 1. The standard InChI is InChI=1S/C19H16N2O/c1-13-8-10-14(11-9-13)19(17-7-4-12-20-17)18(22)15-5-2-3-6-16(15)21-19/h2-12,20-21H,1H3/t19-/m1/s1. The third-order valence-corrected chi connectivity index (χ3v) is 4.32. The molecule has 22 heavy (non-hydrogen) atoms. The quantitative estimate of drug-likeness (QED) is 0.751. The van der Waals surface area contributed by atoms with Crippen molar-refractivity contribution < 1.29 is 4.79 Å². The number of hydrogen-bond acceptors (Lipinski definition) is 2. The third kappa shape index (κ3) is 1.65. The minimum Gasteiger partial charge on any atom is -0.363 e. The maximum atomic E-state index is 13.2. The Kier molecular flexibility index (Phi) is 2.70. The van der Waals surface area contributed by atoms with Crippen LogP contribution in [0.5, 0.6) is 0 Å². The lowest BCUT2D eigenvalue weighted by Crippen LogP contribution is -2.40. The van der Waals surface area contributed by atoms with E-state index < -0.39 is 5.54 Å². The molecule has 3 aromatic rings. The lowest BCUT2D eigenvalue weighted by molar-refractivity contribution is 0.0939. The number of carbonyl (C=O) groups is 1. The summed E-state index contributed by atoms with van der Waals surface area (Å²) >= 11 is 0. The lowest BCUT2D eigenvalue weighted by Gasteiger charge is -2.28. The molecule has 2 N–H and O–H groups in total. The molecule has 0 bridgehead atoms. The van der Waals surface area contributed by atoms with Crippen LogP contribution in [0.3, 0.4) is 0 Å². The number of anilines is 1. The lowest BCUT2D eigenvalue weighted by atomic mass is 9.82. The van der Waals surface area contributed by atoms with Gasteiger partial charge in [0.15, 0.2) is 5.54 Å². The van der Waals surface area contributed by atoms with E-state index in [1.54, 1.807) is 0 Å². The van der Waals surface area contributed by atoms with E-state index in [4.69, 9.17) is 0 Å². The fraction of sp³-hybridized carbons (Fsp3) is 0.105. The molecule has 0 saturated heterocycles. The second-order valence-electron chi connectivity index (χ2n) is 5.70. The van der Waals surface area contributed by atoms with Crippen molar-refractivity contribution in [1.82, 2.24) is 4.98 Å². The van der Waals surface area contributed by atoms with Crippen molar-refractivity contribution in [2.45, 2.75) is 12.5 Å². The summed E-state index contributed by atoms with van der Waals surface area (Å²) in [6.45, 7) is 2.05. The van der Waals surface area contributed by atoms with E-state index >= 15 is 0 Å². The molecular weight excluding hydrogens is 272 g/mol. The number of ketones is 1. The summed E-state index contributed by atoms with van der Waals surface area (Å²) in [7, 11) is 0. The topological polar surface area (TPSA) is 44.9 Å². The van der Waals surface area contributed by atoms with Gasteiger partial charge in [0.1, 0.15) is 0 Å². The highest BCUT2D eigenvalue weighted by Crippen LogP contribution is 2.43. The zero-order valence-electron chi connectivity index (χ0n) is 12.3. The molecule has 3 heteroatoms. The zero-order chi connectivity index (χ0) is 15.2. The van der Waals surface area contributed by atoms with Crippen LogP contribution in [0.2, 0.25) is 0 Å². The Labute approximate surface area is 129 Å². The highest BCUT2D eigenvalue weighted by atomic mass is 16.1. The first kappa shape index (κ1) is 12.9. The summed E-state index contributed by atoms with van der Waals surface area (Å²) in [5.74, 6) is 0.0782. The number of fused-ring (bicyclic) bond motifs is 1. The predicted octanol–water partition coefficient (Wildman–Crippen LogP) is 3.88. The number of hydrogen-bond donors (Lipinski definition) is 2. The molecule has 0 radical (unpaired) electrons. The molecule has 1 aliphatic rings. The van der Waals surface area contributed by atoms with E-state index in [0.29, 0.717) is 0 Å². The van der Waals surface area contributed by atoms with Crippen molar-refractivity contribution in [1.29, 1.82) is 0 Å². The van der Waals surface area contributed by atoms with Crippen LogP contribution in [0.1, 0.15) is 27.2 Å². The van der Waals surface area contributed by atoms with Crippen molar-refractivity contribution in [3.63, 3.8) is 0 Å². The molecule has 0 spiro atoms. The molecule has 3 nitrogen and oxygen atoms in total. The van der Waals surface area contributed by atoms with Gasteiger partial charge in [-0.1, -0.05) is 42.0 Å². The van der Waals surface area contributed by atoms with E-state index in [2.05, 4.69) is 10.3 Å². The van der Waals surface area contributed by atoms with Crippen LogP contribution in [0, 0.1) is 6.92 Å². The molecule has 1 aliphatic heterocycles. The first-order chi connectivity index (χ1) is 10.7. The summed E-state index contributed by atoms with van der Waals surface area (Å²) in [4.78, 5) is 16.4. The minimum atomic E-state index is -0.874. The molecule has 0 fully saturated rings. The third-order valence-electron chi connectivity index (χ3n) is 4.32. The smallest absolute Gasteiger partial charge is 0.200 e. The van der Waals surface area contributed by atoms with Gasteiger partial charge in [0, 0.05) is 17.4 Å². The van der Waals surface area contributed by atoms with Gasteiger partial charge in [-0.2, -0.15) is 0 Å². The van der Waals surface area contributed by atoms with Crippen molar-refractivity contribution in [3.05, 3.63) is 89.2 Å². The molecule has 4 rings (SSSR count). The number of para-hydroxylation sites is 1. The number of H-pyrrole nitrogens is 1. The number of benzene rings is 2. The van der Waals surface area contributed by atoms with Gasteiger partial charge in [0.2, 0.25) is 5.78 Å². The highest BCUT2D eigenvalue weighted by Gasteiger charge is 2.48. The molecule has 2 heterocycles. The van der Waals surface area contributed by atoms with E-state index in [-0.39, 0.29) is 5.78 Å². The number of aromatic nitrogens is 1. The number of rotatable bonds is 2. The maximum Gasteiger partial charge on any atom is 0.200 e. The normalized spacial score (nSPS) is 19.8. The molecule has 2 aromatic carbocycles. The van der Waals surface area contributed by atoms with Gasteiger partial charge in [-0.3, -0.25) is 4.79 Å². The van der Waals surface area contributed by atoms with Gasteiger partial charge >= 0.3 is 0 Å². The number of nitrogens with one attached hydrogen (secondary N) is 2. The van der Waals surface area contributed by atoms with Gasteiger partial charge < -0.3 is 10.3 Å². The zero-order valence-corrected chi connectivity index (χ0v) is 12.3.